The van der Waals surface area contributed by atoms with Crippen molar-refractivity contribution in [3.05, 3.63) is 47.7 Å². The van der Waals surface area contributed by atoms with E-state index in [1.807, 2.05) is 0 Å². The van der Waals surface area contributed by atoms with Crippen molar-refractivity contribution in [2.45, 2.75) is 13.1 Å². The van der Waals surface area contributed by atoms with Crippen molar-refractivity contribution in [1.82, 2.24) is 0 Å². The average molecular weight is 284 g/mol. The number of alkyl halides is 3. The molecule has 0 amide bonds. The Labute approximate surface area is 113 Å². The third kappa shape index (κ3) is 3.01. The highest BCUT2D eigenvalue weighted by Gasteiger charge is 2.30. The quantitative estimate of drug-likeness (QED) is 0.795. The Morgan fingerprint density at radius 1 is 1.25 bits per heavy atom. The SMILES string of the molecule is CCOC(=O)c1ccc(-c2cccc(C(F)(F)F)c2)o1. The molecule has 0 spiro atoms. The first-order valence-corrected chi connectivity index (χ1v) is 5.86. The molecule has 1 aromatic heterocycles. The summed E-state index contributed by atoms with van der Waals surface area (Å²) < 4.78 is 47.8. The molecular weight excluding hydrogens is 273 g/mol. The van der Waals surface area contributed by atoms with Gasteiger partial charge in [0.2, 0.25) is 5.76 Å². The lowest BCUT2D eigenvalue weighted by atomic mass is 10.1. The monoisotopic (exact) mass is 284 g/mol. The zero-order valence-electron chi connectivity index (χ0n) is 10.5. The molecule has 0 aliphatic heterocycles. The highest BCUT2D eigenvalue weighted by atomic mass is 19.4. The zero-order chi connectivity index (χ0) is 14.8. The van der Waals surface area contributed by atoms with Crippen LogP contribution in [-0.4, -0.2) is 12.6 Å². The van der Waals surface area contributed by atoms with Gasteiger partial charge in [-0.2, -0.15) is 13.2 Å². The summed E-state index contributed by atoms with van der Waals surface area (Å²) in [6, 6.07) is 7.50. The fourth-order valence-corrected chi connectivity index (χ4v) is 1.65. The fourth-order valence-electron chi connectivity index (χ4n) is 1.65. The van der Waals surface area contributed by atoms with E-state index in [0.717, 1.165) is 12.1 Å². The largest absolute Gasteiger partial charge is 0.460 e. The molecule has 0 aliphatic rings. The van der Waals surface area contributed by atoms with Crippen molar-refractivity contribution in [3.63, 3.8) is 0 Å². The predicted octanol–water partition coefficient (Wildman–Crippen LogP) is 4.14. The molecule has 20 heavy (non-hydrogen) atoms. The third-order valence-corrected chi connectivity index (χ3v) is 2.56. The van der Waals surface area contributed by atoms with E-state index in [-0.39, 0.29) is 23.7 Å². The van der Waals surface area contributed by atoms with Crippen LogP contribution in [0, 0.1) is 0 Å². The molecule has 3 nitrogen and oxygen atoms in total. The lowest BCUT2D eigenvalue weighted by Crippen LogP contribution is -2.04. The molecule has 0 fully saturated rings. The maximum Gasteiger partial charge on any atom is 0.416 e. The van der Waals surface area contributed by atoms with Gasteiger partial charge >= 0.3 is 12.1 Å². The van der Waals surface area contributed by atoms with E-state index in [4.69, 9.17) is 9.15 Å². The number of halogens is 3. The number of furan rings is 1. The zero-order valence-corrected chi connectivity index (χ0v) is 10.5. The summed E-state index contributed by atoms with van der Waals surface area (Å²) in [5.74, 6) is -0.510. The van der Waals surface area contributed by atoms with E-state index in [9.17, 15) is 18.0 Å². The second kappa shape index (κ2) is 5.40. The van der Waals surface area contributed by atoms with Crippen molar-refractivity contribution in [3.8, 4) is 11.3 Å². The first kappa shape index (κ1) is 14.2. The Morgan fingerprint density at radius 3 is 2.65 bits per heavy atom. The minimum atomic E-state index is -4.42. The van der Waals surface area contributed by atoms with Crippen molar-refractivity contribution >= 4 is 5.97 Å². The lowest BCUT2D eigenvalue weighted by Gasteiger charge is -2.07. The van der Waals surface area contributed by atoms with Gasteiger partial charge in [-0.1, -0.05) is 12.1 Å². The van der Waals surface area contributed by atoms with Gasteiger partial charge in [0, 0.05) is 5.56 Å². The van der Waals surface area contributed by atoms with Crippen LogP contribution in [0.15, 0.2) is 40.8 Å². The van der Waals surface area contributed by atoms with Crippen LogP contribution in [0.3, 0.4) is 0 Å². The number of carbonyl (C=O) groups is 1. The van der Waals surface area contributed by atoms with Crippen molar-refractivity contribution in [2.24, 2.45) is 0 Å². The molecule has 0 radical (unpaired) electrons. The fraction of sp³-hybridized carbons (Fsp3) is 0.214. The molecule has 2 aromatic rings. The molecule has 1 aromatic carbocycles. The minimum absolute atomic E-state index is 0.0424. The summed E-state index contributed by atoms with van der Waals surface area (Å²) in [5, 5.41) is 0. The Morgan fingerprint density at radius 2 is 2.00 bits per heavy atom. The number of hydrogen-bond donors (Lipinski definition) is 0. The van der Waals surface area contributed by atoms with Crippen LogP contribution in [0.25, 0.3) is 11.3 Å². The molecule has 0 N–H and O–H groups in total. The summed E-state index contributed by atoms with van der Waals surface area (Å²) in [6.45, 7) is 1.84. The minimum Gasteiger partial charge on any atom is -0.460 e. The highest BCUT2D eigenvalue weighted by molar-refractivity contribution is 5.87. The summed E-state index contributed by atoms with van der Waals surface area (Å²) in [5.41, 5.74) is -0.528. The highest BCUT2D eigenvalue weighted by Crippen LogP contribution is 2.32. The van der Waals surface area contributed by atoms with Crippen LogP contribution in [0.2, 0.25) is 0 Å². The van der Waals surface area contributed by atoms with Crippen molar-refractivity contribution in [2.75, 3.05) is 6.61 Å². The van der Waals surface area contributed by atoms with Gasteiger partial charge < -0.3 is 9.15 Å². The molecule has 0 bridgehead atoms. The summed E-state index contributed by atoms with van der Waals surface area (Å²) >= 11 is 0. The van der Waals surface area contributed by atoms with Crippen molar-refractivity contribution in [1.29, 1.82) is 0 Å². The molecular formula is C14H11F3O3. The lowest BCUT2D eigenvalue weighted by molar-refractivity contribution is -0.137. The van der Waals surface area contributed by atoms with Gasteiger partial charge in [-0.25, -0.2) is 4.79 Å². The number of benzene rings is 1. The number of esters is 1. The van der Waals surface area contributed by atoms with Gasteiger partial charge in [0.05, 0.1) is 12.2 Å². The molecule has 0 saturated heterocycles. The average Bonchev–Trinajstić information content (AvgIpc) is 2.88. The van der Waals surface area contributed by atoms with Gasteiger partial charge in [0.1, 0.15) is 5.76 Å². The first-order valence-electron chi connectivity index (χ1n) is 5.86. The number of rotatable bonds is 3. The number of carbonyl (C=O) groups excluding carboxylic acids is 1. The molecule has 0 unspecified atom stereocenters. The molecule has 0 atom stereocenters. The van der Waals surface area contributed by atoms with Crippen molar-refractivity contribution < 1.29 is 27.1 Å². The van der Waals surface area contributed by atoms with E-state index < -0.39 is 17.7 Å². The summed E-state index contributed by atoms with van der Waals surface area (Å²) in [7, 11) is 0. The van der Waals surface area contributed by atoms with Crippen LogP contribution in [0.4, 0.5) is 13.2 Å². The van der Waals surface area contributed by atoms with E-state index in [0.29, 0.717) is 0 Å². The van der Waals surface area contributed by atoms with Crippen LogP contribution in [0.1, 0.15) is 23.0 Å². The predicted molar refractivity (Wildman–Crippen MR) is 65.1 cm³/mol. The molecule has 6 heteroatoms. The summed E-state index contributed by atoms with van der Waals surface area (Å²) in [4.78, 5) is 11.4. The van der Waals surface area contributed by atoms with Gasteiger partial charge in [-0.05, 0) is 31.2 Å². The normalized spacial score (nSPS) is 11.4. The Hall–Kier alpha value is -2.24. The number of ether oxygens (including phenoxy) is 1. The molecule has 0 aliphatic carbocycles. The third-order valence-electron chi connectivity index (χ3n) is 2.56. The van der Waals surface area contributed by atoms with Gasteiger partial charge in [0.15, 0.2) is 0 Å². The van der Waals surface area contributed by atoms with Crippen LogP contribution >= 0.6 is 0 Å². The molecule has 0 saturated carbocycles. The second-order valence-electron chi connectivity index (χ2n) is 3.96. The molecule has 2 rings (SSSR count). The molecule has 1 heterocycles. The van der Waals surface area contributed by atoms with Crippen LogP contribution in [-0.2, 0) is 10.9 Å². The topological polar surface area (TPSA) is 39.4 Å². The maximum atomic E-state index is 12.6. The van der Waals surface area contributed by atoms with Crippen LogP contribution in [0.5, 0.6) is 0 Å². The second-order valence-corrected chi connectivity index (χ2v) is 3.96. The number of hydrogen-bond acceptors (Lipinski definition) is 3. The van der Waals surface area contributed by atoms with Gasteiger partial charge in [-0.3, -0.25) is 0 Å². The van der Waals surface area contributed by atoms with Gasteiger partial charge in [0.25, 0.3) is 0 Å². The molecule has 106 valence electrons. The van der Waals surface area contributed by atoms with Gasteiger partial charge in [-0.15, -0.1) is 0 Å². The van der Waals surface area contributed by atoms with Crippen LogP contribution < -0.4 is 0 Å². The van der Waals surface area contributed by atoms with E-state index in [1.54, 1.807) is 6.92 Å². The maximum absolute atomic E-state index is 12.6. The Kier molecular flexibility index (Phi) is 3.83. The first-order chi connectivity index (χ1) is 9.41. The standard InChI is InChI=1S/C14H11F3O3/c1-2-19-13(18)12-7-6-11(20-12)9-4-3-5-10(8-9)14(15,16)17/h3-8H,2H2,1H3. The van der Waals surface area contributed by atoms with E-state index in [2.05, 4.69) is 0 Å². The smallest absolute Gasteiger partial charge is 0.416 e. The summed E-state index contributed by atoms with van der Waals surface area (Å²) in [6.07, 6.45) is -4.42. The van der Waals surface area contributed by atoms with E-state index in [1.165, 1.54) is 24.3 Å². The Balaban J connectivity index is 2.31. The van der Waals surface area contributed by atoms with E-state index >= 15 is 0 Å². The Bertz CT molecular complexity index is 614.